The maximum absolute atomic E-state index is 11.5. The van der Waals surface area contributed by atoms with Gasteiger partial charge >= 0.3 is 7.60 Å². The maximum Gasteiger partial charge on any atom is 0.325 e. The van der Waals surface area contributed by atoms with Gasteiger partial charge in [0.1, 0.15) is 0 Å². The Balaban J connectivity index is 1.20. The summed E-state index contributed by atoms with van der Waals surface area (Å²) in [4.78, 5) is 29.2. The van der Waals surface area contributed by atoms with Gasteiger partial charge in [0.2, 0.25) is 0 Å². The van der Waals surface area contributed by atoms with Crippen LogP contribution in [0.25, 0.3) is 0 Å². The molecule has 2 aliphatic carbocycles. The summed E-state index contributed by atoms with van der Waals surface area (Å²) in [6, 6.07) is 11.0. The first-order valence-electron chi connectivity index (χ1n) is 14.1. The highest BCUT2D eigenvalue weighted by Gasteiger charge is 2.46. The SMILES string of the molecule is C[C@@H]1C[C@@H]2C[C@H](C1)C[C@@H](N1[C@@H]3CCC[C@H]1C[C@@H](N1CC(CCP(=O)(O)O)=Nc4ccccc41)C3)C2. The molecule has 5 aliphatic rings. The molecule has 0 unspecified atom stereocenters. The monoisotopic (exact) mass is 499 g/mol. The van der Waals surface area contributed by atoms with Gasteiger partial charge in [0.15, 0.2) is 0 Å². The molecule has 6 nitrogen and oxygen atoms in total. The fourth-order valence-corrected chi connectivity index (χ4v) is 9.21. The zero-order chi connectivity index (χ0) is 24.2. The molecule has 1 aromatic rings. The molecule has 0 aromatic heterocycles. The molecule has 7 heteroatoms. The van der Waals surface area contributed by atoms with Gasteiger partial charge in [0, 0.05) is 29.9 Å². The number of hydrogen-bond donors (Lipinski definition) is 2. The maximum atomic E-state index is 11.5. The third-order valence-corrected chi connectivity index (χ3v) is 10.5. The highest BCUT2D eigenvalue weighted by Crippen LogP contribution is 2.48. The summed E-state index contributed by atoms with van der Waals surface area (Å²) in [5, 5.41) is 0. The first-order chi connectivity index (χ1) is 16.8. The van der Waals surface area contributed by atoms with Crippen molar-refractivity contribution < 1.29 is 14.4 Å². The summed E-state index contributed by atoms with van der Waals surface area (Å²) in [6.07, 6.45) is 13.9. The lowest BCUT2D eigenvalue weighted by Gasteiger charge is -2.57. The standard InChI is InChI=1S/C28H42N3O3P/c1-19-11-20-13-21(12-19)15-26(14-20)31-23-5-4-6-24(31)17-25(16-23)30-18-22(9-10-35(32,33)34)29-27-7-2-3-8-28(27)30/h2-3,7-8,19-21,23-26H,4-6,9-18H2,1H3,(H2,32,33,34)/t19-,20-,21+,23-,24+,25+,26+. The largest absolute Gasteiger partial charge is 0.361 e. The van der Waals surface area contributed by atoms with Crippen LogP contribution in [0.2, 0.25) is 0 Å². The van der Waals surface area contributed by atoms with Crippen LogP contribution in [-0.2, 0) is 4.57 Å². The summed E-state index contributed by atoms with van der Waals surface area (Å²) in [6.45, 7) is 3.17. The van der Waals surface area contributed by atoms with Gasteiger partial charge in [0.25, 0.3) is 0 Å². The molecule has 7 atom stereocenters. The van der Waals surface area contributed by atoms with Crippen molar-refractivity contribution in [2.45, 2.75) is 102 Å². The van der Waals surface area contributed by atoms with Crippen molar-refractivity contribution in [1.82, 2.24) is 4.90 Å². The Hall–Kier alpha value is -1.20. The third kappa shape index (κ3) is 5.14. The number of anilines is 1. The number of aliphatic imine (C=N–C) groups is 1. The minimum atomic E-state index is -4.03. The second-order valence-electron chi connectivity index (χ2n) is 12.4. The quantitative estimate of drug-likeness (QED) is 0.505. The number of benzene rings is 1. The molecule has 0 amide bonds. The number of nitrogens with zero attached hydrogens (tertiary/aromatic N) is 3. The Morgan fingerprint density at radius 1 is 0.914 bits per heavy atom. The van der Waals surface area contributed by atoms with Gasteiger partial charge < -0.3 is 14.7 Å². The number of piperidine rings is 2. The minimum absolute atomic E-state index is 0.117. The van der Waals surface area contributed by atoms with E-state index in [4.69, 9.17) is 4.99 Å². The molecule has 4 fully saturated rings. The zero-order valence-corrected chi connectivity index (χ0v) is 22.0. The number of rotatable bonds is 5. The van der Waals surface area contributed by atoms with Crippen LogP contribution in [0.4, 0.5) is 11.4 Å². The van der Waals surface area contributed by atoms with E-state index in [0.29, 0.717) is 31.1 Å². The fraction of sp³-hybridized carbons (Fsp3) is 0.750. The molecule has 3 aliphatic heterocycles. The Kier molecular flexibility index (Phi) is 6.62. The predicted molar refractivity (Wildman–Crippen MR) is 142 cm³/mol. The van der Waals surface area contributed by atoms with Crippen LogP contribution in [0.1, 0.15) is 77.6 Å². The molecule has 192 valence electrons. The smallest absolute Gasteiger partial charge is 0.325 e. The van der Waals surface area contributed by atoms with Crippen LogP contribution < -0.4 is 4.90 Å². The summed E-state index contributed by atoms with van der Waals surface area (Å²) in [5.41, 5.74) is 3.07. The lowest BCUT2D eigenvalue weighted by Crippen LogP contribution is -2.62. The molecular formula is C28H42N3O3P. The molecule has 0 spiro atoms. The highest BCUT2D eigenvalue weighted by molar-refractivity contribution is 7.51. The van der Waals surface area contributed by atoms with Crippen molar-refractivity contribution in [2.24, 2.45) is 22.7 Å². The summed E-state index contributed by atoms with van der Waals surface area (Å²) >= 11 is 0. The minimum Gasteiger partial charge on any atom is -0.361 e. The van der Waals surface area contributed by atoms with Crippen LogP contribution >= 0.6 is 7.60 Å². The Bertz CT molecular complexity index is 977. The van der Waals surface area contributed by atoms with Crippen LogP contribution in [0.15, 0.2) is 29.3 Å². The fourth-order valence-electron chi connectivity index (χ4n) is 8.66. The molecule has 2 saturated carbocycles. The molecule has 3 heterocycles. The van der Waals surface area contributed by atoms with E-state index in [1.165, 1.54) is 69.9 Å². The number of fused-ring (bicyclic) bond motifs is 5. The molecule has 2 saturated heterocycles. The van der Waals surface area contributed by atoms with Gasteiger partial charge in [-0.3, -0.25) is 14.5 Å². The third-order valence-electron chi connectivity index (χ3n) is 9.73. The highest BCUT2D eigenvalue weighted by atomic mass is 31.2. The molecule has 4 bridgehead atoms. The molecule has 6 rings (SSSR count). The molecule has 1 aromatic carbocycles. The van der Waals surface area contributed by atoms with Crippen molar-refractivity contribution in [3.63, 3.8) is 0 Å². The van der Waals surface area contributed by atoms with Gasteiger partial charge in [-0.1, -0.05) is 25.5 Å². The van der Waals surface area contributed by atoms with Crippen molar-refractivity contribution >= 4 is 24.7 Å². The van der Waals surface area contributed by atoms with E-state index in [9.17, 15) is 14.4 Å². The molecule has 2 N–H and O–H groups in total. The normalized spacial score (nSPS) is 37.5. The zero-order valence-electron chi connectivity index (χ0n) is 21.1. The molecule has 0 radical (unpaired) electrons. The second kappa shape index (κ2) is 9.59. The Labute approximate surface area is 210 Å². The van der Waals surface area contributed by atoms with E-state index in [1.54, 1.807) is 0 Å². The van der Waals surface area contributed by atoms with Crippen molar-refractivity contribution in [3.8, 4) is 0 Å². The number of para-hydroxylation sites is 2. The van der Waals surface area contributed by atoms with Crippen molar-refractivity contribution in [1.29, 1.82) is 0 Å². The predicted octanol–water partition coefficient (Wildman–Crippen LogP) is 5.75. The van der Waals surface area contributed by atoms with Gasteiger partial charge in [-0.25, -0.2) is 0 Å². The van der Waals surface area contributed by atoms with E-state index in [2.05, 4.69) is 34.9 Å². The number of hydrogen-bond acceptors (Lipinski definition) is 4. The van der Waals surface area contributed by atoms with Gasteiger partial charge in [-0.05, 0) is 94.1 Å². The lowest BCUT2D eigenvalue weighted by atomic mass is 9.65. The van der Waals surface area contributed by atoms with Crippen LogP contribution in [0.3, 0.4) is 0 Å². The van der Waals surface area contributed by atoms with Crippen LogP contribution in [0.5, 0.6) is 0 Å². The van der Waals surface area contributed by atoms with Crippen LogP contribution in [-0.4, -0.2) is 57.3 Å². The van der Waals surface area contributed by atoms with Crippen molar-refractivity contribution in [3.05, 3.63) is 24.3 Å². The van der Waals surface area contributed by atoms with Gasteiger partial charge in [0.05, 0.1) is 24.1 Å². The van der Waals surface area contributed by atoms with Gasteiger partial charge in [-0.15, -0.1) is 0 Å². The topological polar surface area (TPSA) is 76.4 Å². The van der Waals surface area contributed by atoms with Gasteiger partial charge in [-0.2, -0.15) is 0 Å². The van der Waals surface area contributed by atoms with Crippen LogP contribution in [0, 0.1) is 17.8 Å². The van der Waals surface area contributed by atoms with E-state index < -0.39 is 7.60 Å². The summed E-state index contributed by atoms with van der Waals surface area (Å²) in [5.74, 6) is 2.82. The van der Waals surface area contributed by atoms with E-state index >= 15 is 0 Å². The van der Waals surface area contributed by atoms with E-state index in [1.807, 2.05) is 6.07 Å². The molecular weight excluding hydrogens is 457 g/mol. The molecule has 35 heavy (non-hydrogen) atoms. The summed E-state index contributed by atoms with van der Waals surface area (Å²) < 4.78 is 11.5. The lowest BCUT2D eigenvalue weighted by molar-refractivity contribution is -0.0451. The van der Waals surface area contributed by atoms with E-state index in [-0.39, 0.29) is 6.16 Å². The first-order valence-corrected chi connectivity index (χ1v) is 15.9. The second-order valence-corrected chi connectivity index (χ2v) is 14.2. The van der Waals surface area contributed by atoms with E-state index in [0.717, 1.165) is 35.2 Å². The van der Waals surface area contributed by atoms with Crippen molar-refractivity contribution in [2.75, 3.05) is 17.6 Å². The average molecular weight is 500 g/mol. The first kappa shape index (κ1) is 24.2. The Morgan fingerprint density at radius 2 is 1.60 bits per heavy atom. The summed E-state index contributed by atoms with van der Waals surface area (Å²) in [7, 11) is -4.03. The average Bonchev–Trinajstić information content (AvgIpc) is 2.80. The Morgan fingerprint density at radius 3 is 2.29 bits per heavy atom.